The highest BCUT2D eigenvalue weighted by molar-refractivity contribution is 5.77. The fourth-order valence-corrected chi connectivity index (χ4v) is 2.23. The Hall–Kier alpha value is -2.83. The van der Waals surface area contributed by atoms with Gasteiger partial charge in [0.1, 0.15) is 11.3 Å². The van der Waals surface area contributed by atoms with Crippen LogP contribution in [0.5, 0.6) is 6.01 Å². The van der Waals surface area contributed by atoms with Crippen molar-refractivity contribution in [1.29, 1.82) is 0 Å². The number of hydrogen-bond acceptors (Lipinski definition) is 7. The molecule has 114 valence electrons. The summed E-state index contributed by atoms with van der Waals surface area (Å²) in [6.45, 7) is 2.05. The number of fused-ring (bicyclic) bond motifs is 1. The van der Waals surface area contributed by atoms with Crippen molar-refractivity contribution in [2.75, 3.05) is 18.2 Å². The summed E-state index contributed by atoms with van der Waals surface area (Å²) < 4.78 is 10.9. The number of methoxy groups -OCH3 is 1. The number of nitrogens with zero attached hydrogens (tertiary/aromatic N) is 3. The molecular weight excluding hydrogens is 282 g/mol. The van der Waals surface area contributed by atoms with Crippen molar-refractivity contribution in [2.45, 2.75) is 19.4 Å². The number of ether oxygens (including phenoxy) is 1. The van der Waals surface area contributed by atoms with Gasteiger partial charge < -0.3 is 20.2 Å². The van der Waals surface area contributed by atoms with Crippen LogP contribution in [0.4, 0.5) is 11.9 Å². The zero-order valence-corrected chi connectivity index (χ0v) is 12.4. The van der Waals surface area contributed by atoms with Gasteiger partial charge in [0, 0.05) is 5.39 Å². The van der Waals surface area contributed by atoms with E-state index in [9.17, 15) is 0 Å². The first-order chi connectivity index (χ1) is 10.7. The number of nitrogen functional groups attached to an aromatic ring is 1. The number of hydrogen-bond donors (Lipinski definition) is 2. The van der Waals surface area contributed by atoms with Gasteiger partial charge in [0.2, 0.25) is 11.9 Å². The monoisotopic (exact) mass is 299 g/mol. The van der Waals surface area contributed by atoms with Gasteiger partial charge in [-0.3, -0.25) is 0 Å². The van der Waals surface area contributed by atoms with Crippen LogP contribution in [0.3, 0.4) is 0 Å². The Morgan fingerprint density at radius 1 is 1.27 bits per heavy atom. The van der Waals surface area contributed by atoms with Gasteiger partial charge in [0.25, 0.3) is 0 Å². The van der Waals surface area contributed by atoms with E-state index in [1.807, 2.05) is 37.3 Å². The quantitative estimate of drug-likeness (QED) is 0.747. The summed E-state index contributed by atoms with van der Waals surface area (Å²) in [6.07, 6.45) is 0.799. The van der Waals surface area contributed by atoms with E-state index in [1.54, 1.807) is 0 Å². The molecule has 0 aliphatic heterocycles. The lowest BCUT2D eigenvalue weighted by molar-refractivity contribution is 0.379. The second kappa shape index (κ2) is 5.88. The van der Waals surface area contributed by atoms with E-state index in [2.05, 4.69) is 20.3 Å². The van der Waals surface area contributed by atoms with Gasteiger partial charge in [0.05, 0.1) is 13.2 Å². The largest absolute Gasteiger partial charge is 0.467 e. The molecule has 3 aromatic rings. The predicted molar refractivity (Wildman–Crippen MR) is 83.7 cm³/mol. The van der Waals surface area contributed by atoms with E-state index in [-0.39, 0.29) is 18.0 Å². The summed E-state index contributed by atoms with van der Waals surface area (Å²) in [5, 5.41) is 4.27. The number of para-hydroxylation sites is 1. The summed E-state index contributed by atoms with van der Waals surface area (Å²) in [4.78, 5) is 12.1. The first-order valence-electron chi connectivity index (χ1n) is 7.00. The third kappa shape index (κ3) is 2.78. The Bertz CT molecular complexity index is 753. The molecule has 1 aromatic carbocycles. The van der Waals surface area contributed by atoms with Crippen molar-refractivity contribution >= 4 is 22.9 Å². The minimum atomic E-state index is -0.0705. The van der Waals surface area contributed by atoms with E-state index in [0.29, 0.717) is 5.95 Å². The molecule has 7 heteroatoms. The van der Waals surface area contributed by atoms with Gasteiger partial charge >= 0.3 is 6.01 Å². The van der Waals surface area contributed by atoms with Crippen LogP contribution in [0.1, 0.15) is 25.1 Å². The maximum atomic E-state index is 5.88. The molecule has 0 spiro atoms. The first kappa shape index (κ1) is 14.1. The van der Waals surface area contributed by atoms with Crippen molar-refractivity contribution in [3.63, 3.8) is 0 Å². The van der Waals surface area contributed by atoms with Crippen molar-refractivity contribution in [3.05, 3.63) is 36.1 Å². The number of nitrogens with two attached hydrogens (primary N) is 1. The molecule has 0 saturated carbocycles. The number of nitrogens with one attached hydrogen (secondary N) is 1. The van der Waals surface area contributed by atoms with E-state index < -0.39 is 0 Å². The molecule has 0 radical (unpaired) electrons. The van der Waals surface area contributed by atoms with Crippen LogP contribution in [-0.4, -0.2) is 22.1 Å². The Kier molecular flexibility index (Phi) is 3.78. The summed E-state index contributed by atoms with van der Waals surface area (Å²) >= 11 is 0. The normalized spacial score (nSPS) is 12.3. The van der Waals surface area contributed by atoms with E-state index >= 15 is 0 Å². The second-order valence-electron chi connectivity index (χ2n) is 4.80. The SMILES string of the molecule is CCC(Nc1nc(N)nc(OC)n1)c1cc2ccccc2o1. The molecule has 22 heavy (non-hydrogen) atoms. The van der Waals surface area contributed by atoms with Crippen LogP contribution in [0, 0.1) is 0 Å². The average Bonchev–Trinajstić information content (AvgIpc) is 2.95. The Labute approximate surface area is 127 Å². The van der Waals surface area contributed by atoms with Gasteiger partial charge in [-0.2, -0.15) is 15.0 Å². The van der Waals surface area contributed by atoms with Crippen molar-refractivity contribution < 1.29 is 9.15 Å². The fraction of sp³-hybridized carbons (Fsp3) is 0.267. The number of aromatic nitrogens is 3. The second-order valence-corrected chi connectivity index (χ2v) is 4.80. The lowest BCUT2D eigenvalue weighted by Gasteiger charge is -2.14. The van der Waals surface area contributed by atoms with Gasteiger partial charge in [-0.05, 0) is 18.6 Å². The first-order valence-corrected chi connectivity index (χ1v) is 7.00. The minimum Gasteiger partial charge on any atom is -0.467 e. The summed E-state index contributed by atoms with van der Waals surface area (Å²) in [6, 6.07) is 10.00. The molecule has 1 unspecified atom stereocenters. The molecule has 0 saturated heterocycles. The molecule has 0 fully saturated rings. The third-order valence-electron chi connectivity index (χ3n) is 3.31. The fourth-order valence-electron chi connectivity index (χ4n) is 2.23. The Balaban J connectivity index is 1.89. The average molecular weight is 299 g/mol. The molecule has 2 heterocycles. The molecule has 7 nitrogen and oxygen atoms in total. The zero-order valence-electron chi connectivity index (χ0n) is 12.4. The van der Waals surface area contributed by atoms with Crippen LogP contribution < -0.4 is 15.8 Å². The van der Waals surface area contributed by atoms with Crippen molar-refractivity contribution in [1.82, 2.24) is 15.0 Å². The molecule has 1 atom stereocenters. The topological polar surface area (TPSA) is 99.1 Å². The maximum absolute atomic E-state index is 5.88. The van der Waals surface area contributed by atoms with Crippen LogP contribution >= 0.6 is 0 Å². The van der Waals surface area contributed by atoms with E-state index in [4.69, 9.17) is 14.9 Å². The number of furan rings is 1. The molecular formula is C15H17N5O2. The van der Waals surface area contributed by atoms with Gasteiger partial charge in [-0.15, -0.1) is 0 Å². The highest BCUT2D eigenvalue weighted by Crippen LogP contribution is 2.27. The van der Waals surface area contributed by atoms with Crippen molar-refractivity contribution in [3.8, 4) is 6.01 Å². The van der Waals surface area contributed by atoms with Crippen LogP contribution in [-0.2, 0) is 0 Å². The highest BCUT2D eigenvalue weighted by atomic mass is 16.5. The van der Waals surface area contributed by atoms with Gasteiger partial charge in [0.15, 0.2) is 0 Å². The molecule has 2 aromatic heterocycles. The molecule has 0 aliphatic rings. The lowest BCUT2D eigenvalue weighted by Crippen LogP contribution is -2.13. The van der Waals surface area contributed by atoms with Gasteiger partial charge in [-0.25, -0.2) is 0 Å². The number of anilines is 2. The minimum absolute atomic E-state index is 0.0705. The number of benzene rings is 1. The summed E-state index contributed by atoms with van der Waals surface area (Å²) in [5.74, 6) is 1.28. The van der Waals surface area contributed by atoms with E-state index in [0.717, 1.165) is 23.2 Å². The van der Waals surface area contributed by atoms with Crippen LogP contribution in [0.15, 0.2) is 34.7 Å². The summed E-state index contributed by atoms with van der Waals surface area (Å²) in [5.41, 5.74) is 6.50. The van der Waals surface area contributed by atoms with Crippen LogP contribution in [0.2, 0.25) is 0 Å². The Morgan fingerprint density at radius 3 is 2.82 bits per heavy atom. The highest BCUT2D eigenvalue weighted by Gasteiger charge is 2.16. The standard InChI is InChI=1S/C15H17N5O2/c1-3-10(12-8-9-6-4-5-7-11(9)22-12)17-14-18-13(16)19-15(20-14)21-2/h4-8,10H,3H2,1-2H3,(H3,16,17,18,19,20). The maximum Gasteiger partial charge on any atom is 0.322 e. The summed E-state index contributed by atoms with van der Waals surface area (Å²) in [7, 11) is 1.48. The Morgan fingerprint density at radius 2 is 2.09 bits per heavy atom. The smallest absolute Gasteiger partial charge is 0.322 e. The molecule has 0 bridgehead atoms. The molecule has 3 rings (SSSR count). The number of rotatable bonds is 5. The lowest BCUT2D eigenvalue weighted by atomic mass is 10.1. The molecule has 0 aliphatic carbocycles. The predicted octanol–water partition coefficient (Wildman–Crippen LogP) is 2.77. The molecule has 3 N–H and O–H groups in total. The third-order valence-corrected chi connectivity index (χ3v) is 3.31. The zero-order chi connectivity index (χ0) is 15.5. The van der Waals surface area contributed by atoms with E-state index in [1.165, 1.54) is 7.11 Å². The molecule has 0 amide bonds. The van der Waals surface area contributed by atoms with Crippen molar-refractivity contribution in [2.24, 2.45) is 0 Å². The van der Waals surface area contributed by atoms with Crippen LogP contribution in [0.25, 0.3) is 11.0 Å². The van der Waals surface area contributed by atoms with Gasteiger partial charge in [-0.1, -0.05) is 25.1 Å².